The van der Waals surface area contributed by atoms with Gasteiger partial charge in [0.25, 0.3) is 5.91 Å². The zero-order chi connectivity index (χ0) is 25.2. The predicted octanol–water partition coefficient (Wildman–Crippen LogP) is 4.37. The molecule has 0 bridgehead atoms. The maximum absolute atomic E-state index is 12.6. The second-order valence-corrected chi connectivity index (χ2v) is 8.85. The van der Waals surface area contributed by atoms with Crippen molar-refractivity contribution in [1.29, 1.82) is 0 Å². The fraction of sp³-hybridized carbons (Fsp3) is 0.143. The Labute approximate surface area is 209 Å². The lowest BCUT2D eigenvalue weighted by Crippen LogP contribution is -2.22. The van der Waals surface area contributed by atoms with E-state index in [1.165, 1.54) is 0 Å². The van der Waals surface area contributed by atoms with Crippen molar-refractivity contribution in [2.45, 2.75) is 13.5 Å². The van der Waals surface area contributed by atoms with Crippen molar-refractivity contribution >= 4 is 28.6 Å². The van der Waals surface area contributed by atoms with E-state index in [-0.39, 0.29) is 5.91 Å². The number of nitrogens with zero attached hydrogens (tertiary/aromatic N) is 5. The molecule has 0 aliphatic carbocycles. The first-order valence-electron chi connectivity index (χ1n) is 11.6. The number of fused-ring (bicyclic) bond motifs is 1. The van der Waals surface area contributed by atoms with Gasteiger partial charge in [-0.3, -0.25) is 9.36 Å². The van der Waals surface area contributed by atoms with E-state index in [0.29, 0.717) is 23.8 Å². The minimum Gasteiger partial charge on any atom is -0.383 e. The summed E-state index contributed by atoms with van der Waals surface area (Å²) in [6, 6.07) is 21.2. The summed E-state index contributed by atoms with van der Waals surface area (Å²) in [6.07, 6.45) is 3.49. The molecule has 0 spiro atoms. The van der Waals surface area contributed by atoms with Crippen LogP contribution >= 0.6 is 0 Å². The van der Waals surface area contributed by atoms with E-state index in [1.54, 1.807) is 6.20 Å². The van der Waals surface area contributed by atoms with Crippen molar-refractivity contribution in [3.8, 4) is 17.1 Å². The highest BCUT2D eigenvalue weighted by molar-refractivity contribution is 5.94. The molecule has 0 radical (unpaired) electrons. The molecule has 8 heteroatoms. The molecule has 8 nitrogen and oxygen atoms in total. The van der Waals surface area contributed by atoms with Gasteiger partial charge < -0.3 is 16.0 Å². The van der Waals surface area contributed by atoms with E-state index >= 15 is 0 Å². The maximum atomic E-state index is 12.6. The maximum Gasteiger partial charge on any atom is 0.251 e. The standard InChI is InChI=1S/C28H27N7O/c1-18-15-24-27(31-16-18)35(26(33-24)23-5-4-14-30-25(23)29)22-10-6-19(7-11-22)17-32-28(36)20-8-12-21(13-9-20)34(2)3/h4-16H,17H2,1-3H3,(H2,29,30)(H,32,36). The molecular formula is C28H27N7O. The average Bonchev–Trinajstić information content (AvgIpc) is 3.26. The molecule has 0 fully saturated rings. The Morgan fingerprint density at radius 1 is 1.03 bits per heavy atom. The third-order valence-electron chi connectivity index (χ3n) is 6.01. The number of anilines is 2. The molecule has 0 aliphatic rings. The van der Waals surface area contributed by atoms with Gasteiger partial charge in [0.05, 0.1) is 5.56 Å². The van der Waals surface area contributed by atoms with Gasteiger partial charge in [-0.15, -0.1) is 0 Å². The fourth-order valence-corrected chi connectivity index (χ4v) is 4.06. The molecule has 3 heterocycles. The first-order chi connectivity index (χ1) is 17.4. The van der Waals surface area contributed by atoms with Gasteiger partial charge in [-0.05, 0) is 72.6 Å². The molecule has 180 valence electrons. The molecule has 36 heavy (non-hydrogen) atoms. The summed E-state index contributed by atoms with van der Waals surface area (Å²) >= 11 is 0. The number of hydrogen-bond acceptors (Lipinski definition) is 6. The van der Waals surface area contributed by atoms with E-state index in [4.69, 9.17) is 10.7 Å². The van der Waals surface area contributed by atoms with Gasteiger partial charge in [0.1, 0.15) is 11.3 Å². The number of nitrogens with one attached hydrogen (secondary N) is 1. The van der Waals surface area contributed by atoms with Crippen LogP contribution in [0.1, 0.15) is 21.5 Å². The molecular weight excluding hydrogens is 450 g/mol. The lowest BCUT2D eigenvalue weighted by Gasteiger charge is -2.13. The van der Waals surface area contributed by atoms with E-state index in [2.05, 4.69) is 15.3 Å². The number of hydrogen-bond donors (Lipinski definition) is 2. The molecule has 5 aromatic rings. The van der Waals surface area contributed by atoms with Crippen LogP contribution in [0.4, 0.5) is 11.5 Å². The zero-order valence-electron chi connectivity index (χ0n) is 20.4. The van der Waals surface area contributed by atoms with E-state index in [1.807, 2.05) is 103 Å². The van der Waals surface area contributed by atoms with Crippen LogP contribution < -0.4 is 16.0 Å². The van der Waals surface area contributed by atoms with Crippen molar-refractivity contribution in [2.24, 2.45) is 0 Å². The molecule has 1 amide bonds. The summed E-state index contributed by atoms with van der Waals surface area (Å²) in [5, 5.41) is 2.99. The van der Waals surface area contributed by atoms with Crippen molar-refractivity contribution < 1.29 is 4.79 Å². The van der Waals surface area contributed by atoms with Gasteiger partial charge in [-0.25, -0.2) is 15.0 Å². The highest BCUT2D eigenvalue weighted by atomic mass is 16.1. The van der Waals surface area contributed by atoms with Crippen LogP contribution in [0.5, 0.6) is 0 Å². The molecule has 3 N–H and O–H groups in total. The number of aryl methyl sites for hydroxylation is 1. The average molecular weight is 478 g/mol. The number of nitrogens with two attached hydrogens (primary N) is 1. The van der Waals surface area contributed by atoms with E-state index in [0.717, 1.165) is 39.2 Å². The Morgan fingerprint density at radius 3 is 2.47 bits per heavy atom. The van der Waals surface area contributed by atoms with Gasteiger partial charge in [-0.2, -0.15) is 0 Å². The number of rotatable bonds is 6. The zero-order valence-corrected chi connectivity index (χ0v) is 20.4. The highest BCUT2D eigenvalue weighted by Crippen LogP contribution is 2.30. The number of pyridine rings is 2. The second kappa shape index (κ2) is 9.50. The minimum atomic E-state index is -0.112. The van der Waals surface area contributed by atoms with Crippen molar-refractivity contribution in [3.05, 3.63) is 95.8 Å². The lowest BCUT2D eigenvalue weighted by molar-refractivity contribution is 0.0951. The SMILES string of the molecule is Cc1cnc2c(c1)nc(-c1cccnc1N)n2-c1ccc(CNC(=O)c2ccc(N(C)C)cc2)cc1. The largest absolute Gasteiger partial charge is 0.383 e. The van der Waals surface area contributed by atoms with Crippen LogP contribution in [0.3, 0.4) is 0 Å². The molecule has 5 rings (SSSR count). The Balaban J connectivity index is 1.41. The van der Waals surface area contributed by atoms with Gasteiger partial charge in [-0.1, -0.05) is 12.1 Å². The summed E-state index contributed by atoms with van der Waals surface area (Å²) in [4.78, 5) is 28.3. The van der Waals surface area contributed by atoms with Crippen LogP contribution in [0.15, 0.2) is 79.1 Å². The van der Waals surface area contributed by atoms with E-state index < -0.39 is 0 Å². The molecule has 0 unspecified atom stereocenters. The van der Waals surface area contributed by atoms with Gasteiger partial charge in [0.15, 0.2) is 11.5 Å². The number of amides is 1. The van der Waals surface area contributed by atoms with Crippen LogP contribution in [0.25, 0.3) is 28.2 Å². The van der Waals surface area contributed by atoms with Crippen LogP contribution in [-0.2, 0) is 6.54 Å². The Hall–Kier alpha value is -4.72. The Kier molecular flexibility index (Phi) is 6.08. The summed E-state index contributed by atoms with van der Waals surface area (Å²) in [5.74, 6) is 0.971. The lowest BCUT2D eigenvalue weighted by atomic mass is 10.1. The quantitative estimate of drug-likeness (QED) is 0.377. The number of nitrogen functional groups attached to an aromatic ring is 1. The first kappa shape index (κ1) is 23.0. The van der Waals surface area contributed by atoms with Crippen molar-refractivity contribution in [2.75, 3.05) is 24.7 Å². The second-order valence-electron chi connectivity index (χ2n) is 8.85. The number of carbonyl (C=O) groups excluding carboxylic acids is 1. The monoisotopic (exact) mass is 477 g/mol. The Bertz CT molecular complexity index is 1540. The smallest absolute Gasteiger partial charge is 0.251 e. The Morgan fingerprint density at radius 2 is 1.78 bits per heavy atom. The highest BCUT2D eigenvalue weighted by Gasteiger charge is 2.18. The predicted molar refractivity (Wildman–Crippen MR) is 143 cm³/mol. The first-order valence-corrected chi connectivity index (χ1v) is 11.6. The number of aromatic nitrogens is 4. The molecule has 0 aliphatic heterocycles. The topological polar surface area (TPSA) is 102 Å². The summed E-state index contributed by atoms with van der Waals surface area (Å²) < 4.78 is 1.98. The number of benzene rings is 2. The van der Waals surface area contributed by atoms with Gasteiger partial charge >= 0.3 is 0 Å². The van der Waals surface area contributed by atoms with Gasteiger partial charge in [0.2, 0.25) is 0 Å². The number of carbonyl (C=O) groups is 1. The normalized spacial score (nSPS) is 11.0. The van der Waals surface area contributed by atoms with Gasteiger partial charge in [0, 0.05) is 50.0 Å². The molecule has 2 aromatic carbocycles. The third kappa shape index (κ3) is 4.48. The minimum absolute atomic E-state index is 0.112. The molecule has 3 aromatic heterocycles. The van der Waals surface area contributed by atoms with Crippen molar-refractivity contribution in [1.82, 2.24) is 24.8 Å². The summed E-state index contributed by atoms with van der Waals surface area (Å²) in [6.45, 7) is 2.41. The molecule has 0 saturated heterocycles. The van der Waals surface area contributed by atoms with Crippen molar-refractivity contribution in [3.63, 3.8) is 0 Å². The molecule has 0 saturated carbocycles. The van der Waals surface area contributed by atoms with E-state index in [9.17, 15) is 4.79 Å². The third-order valence-corrected chi connectivity index (χ3v) is 6.01. The van der Waals surface area contributed by atoms with Crippen LogP contribution in [0.2, 0.25) is 0 Å². The fourth-order valence-electron chi connectivity index (χ4n) is 4.06. The molecule has 0 atom stereocenters. The van der Waals surface area contributed by atoms with Crippen LogP contribution in [0, 0.1) is 6.92 Å². The number of imidazole rings is 1. The summed E-state index contributed by atoms with van der Waals surface area (Å²) in [5.41, 5.74) is 13.0. The van der Waals surface area contributed by atoms with Crippen LogP contribution in [-0.4, -0.2) is 39.5 Å². The summed E-state index contributed by atoms with van der Waals surface area (Å²) in [7, 11) is 3.94.